The third-order valence-corrected chi connectivity index (χ3v) is 11.2. The minimum atomic E-state index is -0.500. The van der Waals surface area contributed by atoms with Crippen LogP contribution in [-0.2, 0) is 9.59 Å². The zero-order chi connectivity index (χ0) is 29.2. The molecule has 0 radical (unpaired) electrons. The summed E-state index contributed by atoms with van der Waals surface area (Å²) in [4.78, 5) is 25.5. The summed E-state index contributed by atoms with van der Waals surface area (Å²) in [6, 6.07) is 2.16. The van der Waals surface area contributed by atoms with Gasteiger partial charge in [-0.25, -0.2) is 0 Å². The Balaban J connectivity index is 2.48. The van der Waals surface area contributed by atoms with E-state index in [9.17, 15) is 20.0 Å². The highest BCUT2D eigenvalue weighted by Crippen LogP contribution is 2.65. The van der Waals surface area contributed by atoms with Crippen molar-refractivity contribution in [3.63, 3.8) is 0 Å². The van der Waals surface area contributed by atoms with E-state index in [0.29, 0.717) is 5.41 Å². The predicted octanol–water partition coefficient (Wildman–Crippen LogP) is 8.39. The van der Waals surface area contributed by atoms with Gasteiger partial charge >= 0.3 is 0 Å². The lowest BCUT2D eigenvalue weighted by Gasteiger charge is -2.59. The lowest BCUT2D eigenvalue weighted by atomic mass is 9.44. The van der Waals surface area contributed by atoms with E-state index >= 15 is 0 Å². The van der Waals surface area contributed by atoms with Crippen LogP contribution < -0.4 is 0 Å². The van der Waals surface area contributed by atoms with E-state index in [1.807, 2.05) is 19.1 Å². The van der Waals surface area contributed by atoms with Gasteiger partial charge in [0, 0.05) is 17.9 Å². The second kappa shape index (κ2) is 11.8. The minimum absolute atomic E-state index is 0.0231. The van der Waals surface area contributed by atoms with Crippen LogP contribution in [0.4, 0.5) is 0 Å². The summed E-state index contributed by atoms with van der Waals surface area (Å²) in [7, 11) is 0. The Morgan fingerprint density at radius 1 is 1.13 bits per heavy atom. The first-order valence-electron chi connectivity index (χ1n) is 14.9. The zero-order valence-corrected chi connectivity index (χ0v) is 26.1. The molecule has 0 heterocycles. The summed E-state index contributed by atoms with van der Waals surface area (Å²) in [5, 5.41) is 19.4. The average Bonchev–Trinajstić information content (AvgIpc) is 2.85. The van der Waals surface area contributed by atoms with Crippen LogP contribution in [0.2, 0.25) is 0 Å². The van der Waals surface area contributed by atoms with E-state index in [1.54, 1.807) is 6.92 Å². The topological polar surface area (TPSA) is 78.2 Å². The fraction of sp³-hybridized carbons (Fsp3) is 0.794. The van der Waals surface area contributed by atoms with Gasteiger partial charge in [-0.05, 0) is 91.9 Å². The highest BCUT2D eigenvalue weighted by Gasteiger charge is 2.58. The molecule has 4 heteroatoms. The molecule has 0 spiro atoms. The Hall–Kier alpha value is -1.73. The molecule has 2 rings (SSSR count). The van der Waals surface area contributed by atoms with Crippen molar-refractivity contribution in [3.05, 3.63) is 23.3 Å². The maximum absolute atomic E-state index is 12.9. The Bertz CT molecular complexity index is 996. The standard InChI is InChI=1S/C34H55NO3/c1-11-30(4,5)16-18-32(8,14-12-20-36)19-17-31(6,7)34(10)15-13-27-25(3)29(38)26(23-35)22-33(27,9)28(34)21-24(2)37/h21-22,25,27,36H,11-20H2,1-10H3/b28-21-/t25-,27-,32-,33-,34+/m0/s1. The van der Waals surface area contributed by atoms with Crippen molar-refractivity contribution >= 4 is 11.6 Å². The van der Waals surface area contributed by atoms with Gasteiger partial charge in [0.15, 0.2) is 11.6 Å². The van der Waals surface area contributed by atoms with Crippen LogP contribution >= 0.6 is 0 Å². The molecule has 0 aromatic carbocycles. The Labute approximate surface area is 233 Å². The summed E-state index contributed by atoms with van der Waals surface area (Å²) < 4.78 is 0. The predicted molar refractivity (Wildman–Crippen MR) is 156 cm³/mol. The first kappa shape index (κ1) is 32.5. The highest BCUT2D eigenvalue weighted by atomic mass is 16.3. The number of aliphatic hydroxyl groups is 1. The monoisotopic (exact) mass is 525 g/mol. The molecular weight excluding hydrogens is 470 g/mol. The van der Waals surface area contributed by atoms with Crippen LogP contribution in [-0.4, -0.2) is 23.3 Å². The van der Waals surface area contributed by atoms with Gasteiger partial charge in [-0.1, -0.05) is 80.4 Å². The van der Waals surface area contributed by atoms with E-state index in [0.717, 1.165) is 56.9 Å². The summed E-state index contributed by atoms with van der Waals surface area (Å²) >= 11 is 0. The summed E-state index contributed by atoms with van der Waals surface area (Å²) in [5.74, 6) is -0.177. The van der Waals surface area contributed by atoms with Gasteiger partial charge in [-0.2, -0.15) is 5.26 Å². The quantitative estimate of drug-likeness (QED) is 0.259. The number of nitrogens with zero attached hydrogens (tertiary/aromatic N) is 1. The molecule has 0 amide bonds. The van der Waals surface area contributed by atoms with Crippen molar-refractivity contribution in [2.45, 2.75) is 127 Å². The number of allylic oxidation sites excluding steroid dienone is 4. The fourth-order valence-corrected chi connectivity index (χ4v) is 7.32. The zero-order valence-electron chi connectivity index (χ0n) is 26.1. The number of hydrogen-bond donors (Lipinski definition) is 1. The van der Waals surface area contributed by atoms with Crippen molar-refractivity contribution in [2.24, 2.45) is 38.9 Å². The van der Waals surface area contributed by atoms with Crippen molar-refractivity contribution < 1.29 is 14.7 Å². The molecule has 0 aromatic rings. The second-order valence-electron chi connectivity index (χ2n) is 14.8. The Kier molecular flexibility index (Phi) is 10.1. The molecule has 2 aliphatic rings. The SMILES string of the molecule is CCC(C)(C)CC[C@](C)(CCCO)CCC(C)(C)[C@]1(C)CC[C@H]2[C@H](C)C(=O)C(C#N)=C[C@]2(C)/C1=C/C(C)=O. The molecule has 1 saturated carbocycles. The van der Waals surface area contributed by atoms with Crippen LogP contribution in [0.25, 0.3) is 0 Å². The molecule has 4 nitrogen and oxygen atoms in total. The lowest BCUT2D eigenvalue weighted by molar-refractivity contribution is -0.123. The van der Waals surface area contributed by atoms with Crippen molar-refractivity contribution in [1.82, 2.24) is 0 Å². The highest BCUT2D eigenvalue weighted by molar-refractivity contribution is 6.02. The van der Waals surface area contributed by atoms with Gasteiger partial charge in [-0.15, -0.1) is 0 Å². The van der Waals surface area contributed by atoms with E-state index in [4.69, 9.17) is 0 Å². The van der Waals surface area contributed by atoms with Gasteiger partial charge in [0.2, 0.25) is 0 Å². The molecule has 38 heavy (non-hydrogen) atoms. The van der Waals surface area contributed by atoms with Crippen LogP contribution in [0.15, 0.2) is 23.3 Å². The first-order valence-corrected chi connectivity index (χ1v) is 14.9. The smallest absolute Gasteiger partial charge is 0.176 e. The number of fused-ring (bicyclic) bond motifs is 1. The number of carbonyl (C=O) groups is 2. The van der Waals surface area contributed by atoms with Gasteiger partial charge in [0.1, 0.15) is 6.07 Å². The summed E-state index contributed by atoms with van der Waals surface area (Å²) in [6.45, 7) is 22.3. The number of aliphatic hydroxyl groups excluding tert-OH is 1. The van der Waals surface area contributed by atoms with E-state index in [2.05, 4.69) is 61.5 Å². The van der Waals surface area contributed by atoms with Gasteiger partial charge in [-0.3, -0.25) is 9.59 Å². The molecule has 0 bridgehead atoms. The van der Waals surface area contributed by atoms with Gasteiger partial charge < -0.3 is 5.11 Å². The Morgan fingerprint density at radius 3 is 2.26 bits per heavy atom. The molecule has 1 N–H and O–H groups in total. The van der Waals surface area contributed by atoms with Crippen LogP contribution in [0.1, 0.15) is 127 Å². The number of ketones is 2. The molecule has 0 unspecified atom stereocenters. The molecule has 2 aliphatic carbocycles. The largest absolute Gasteiger partial charge is 0.396 e. The molecule has 0 aliphatic heterocycles. The van der Waals surface area contributed by atoms with E-state index in [1.165, 1.54) is 6.42 Å². The third kappa shape index (κ3) is 6.52. The summed E-state index contributed by atoms with van der Waals surface area (Å²) in [6.07, 6.45) is 12.9. The fourth-order valence-electron chi connectivity index (χ4n) is 7.32. The third-order valence-electron chi connectivity index (χ3n) is 11.2. The minimum Gasteiger partial charge on any atom is -0.396 e. The number of Topliss-reactive ketones (excluding diaryl/α,β-unsaturated/α-hetero) is 1. The van der Waals surface area contributed by atoms with Gasteiger partial charge in [0.05, 0.1) is 5.57 Å². The maximum Gasteiger partial charge on any atom is 0.176 e. The maximum atomic E-state index is 12.9. The number of hydrogen-bond acceptors (Lipinski definition) is 4. The van der Waals surface area contributed by atoms with Crippen LogP contribution in [0, 0.1) is 50.2 Å². The second-order valence-corrected chi connectivity index (χ2v) is 14.8. The number of nitriles is 1. The van der Waals surface area contributed by atoms with Crippen LogP contribution in [0.5, 0.6) is 0 Å². The normalized spacial score (nSPS) is 30.8. The van der Waals surface area contributed by atoms with Crippen molar-refractivity contribution in [1.29, 1.82) is 5.26 Å². The van der Waals surface area contributed by atoms with Crippen LogP contribution in [0.3, 0.4) is 0 Å². The molecule has 214 valence electrons. The summed E-state index contributed by atoms with van der Waals surface area (Å²) in [5.41, 5.74) is 0.938. The number of rotatable bonds is 12. The van der Waals surface area contributed by atoms with Gasteiger partial charge in [0.25, 0.3) is 0 Å². The van der Waals surface area contributed by atoms with Crippen molar-refractivity contribution in [3.8, 4) is 6.07 Å². The molecule has 1 fully saturated rings. The molecule has 0 aromatic heterocycles. The Morgan fingerprint density at radius 2 is 1.74 bits per heavy atom. The van der Waals surface area contributed by atoms with E-state index in [-0.39, 0.29) is 51.8 Å². The average molecular weight is 526 g/mol. The molecule has 0 saturated heterocycles. The molecular formula is C34H55NO3. The van der Waals surface area contributed by atoms with Crippen molar-refractivity contribution in [2.75, 3.05) is 6.61 Å². The molecule has 5 atom stereocenters. The first-order chi connectivity index (χ1) is 17.4. The number of carbonyl (C=O) groups excluding carboxylic acids is 2. The lowest BCUT2D eigenvalue weighted by Crippen LogP contribution is -2.52. The van der Waals surface area contributed by atoms with E-state index < -0.39 is 5.41 Å².